The molecule has 1 aromatic carbocycles. The van der Waals surface area contributed by atoms with Gasteiger partial charge in [0.15, 0.2) is 17.8 Å². The van der Waals surface area contributed by atoms with Crippen molar-refractivity contribution in [1.82, 2.24) is 0 Å². The summed E-state index contributed by atoms with van der Waals surface area (Å²) >= 11 is 0. The first-order chi connectivity index (χ1) is 9.73. The van der Waals surface area contributed by atoms with Crippen molar-refractivity contribution in [3.8, 4) is 11.5 Å². The van der Waals surface area contributed by atoms with E-state index in [2.05, 4.69) is 5.32 Å². The van der Waals surface area contributed by atoms with E-state index in [4.69, 9.17) is 14.2 Å². The first-order valence-corrected chi connectivity index (χ1v) is 6.44. The molecule has 0 fully saturated rings. The van der Waals surface area contributed by atoms with Crippen molar-refractivity contribution in [2.24, 2.45) is 0 Å². The van der Waals surface area contributed by atoms with Gasteiger partial charge in [0, 0.05) is 0 Å². The molecule has 0 aromatic heterocycles. The van der Waals surface area contributed by atoms with Gasteiger partial charge in [0.25, 0.3) is 0 Å². The Morgan fingerprint density at radius 2 is 1.86 bits per heavy atom. The lowest BCUT2D eigenvalue weighted by molar-refractivity contribution is 0.0635. The van der Waals surface area contributed by atoms with E-state index in [-0.39, 0.29) is 11.3 Å². The van der Waals surface area contributed by atoms with Crippen molar-refractivity contribution in [3.63, 3.8) is 0 Å². The third-order valence-electron chi connectivity index (χ3n) is 2.65. The summed E-state index contributed by atoms with van der Waals surface area (Å²) in [6.45, 7) is 7.03. The van der Waals surface area contributed by atoms with Gasteiger partial charge in [-0.15, -0.1) is 0 Å². The van der Waals surface area contributed by atoms with Gasteiger partial charge in [-0.05, 0) is 39.3 Å². The Kier molecular flexibility index (Phi) is 5.18. The molecule has 0 spiro atoms. The molecule has 0 saturated carbocycles. The van der Waals surface area contributed by atoms with E-state index in [9.17, 15) is 9.59 Å². The number of anilines is 1. The van der Waals surface area contributed by atoms with Crippen LogP contribution in [0.25, 0.3) is 0 Å². The van der Waals surface area contributed by atoms with Crippen LogP contribution in [0, 0.1) is 6.92 Å². The van der Waals surface area contributed by atoms with Crippen LogP contribution in [0.5, 0.6) is 11.5 Å². The van der Waals surface area contributed by atoms with Gasteiger partial charge in [0.05, 0.1) is 25.5 Å². The Bertz CT molecular complexity index is 546. The predicted octanol–water partition coefficient (Wildman–Crippen LogP) is 3.17. The highest BCUT2D eigenvalue weighted by molar-refractivity contribution is 5.97. The molecule has 0 saturated heterocycles. The molecule has 1 aromatic rings. The number of ether oxygens (including phenoxy) is 3. The lowest BCUT2D eigenvalue weighted by atomic mass is 10.1. The van der Waals surface area contributed by atoms with Crippen LogP contribution in [-0.4, -0.2) is 32.2 Å². The lowest BCUT2D eigenvalue weighted by Crippen LogP contribution is -2.27. The second-order valence-corrected chi connectivity index (χ2v) is 5.46. The van der Waals surface area contributed by atoms with Crippen molar-refractivity contribution >= 4 is 18.1 Å². The molecular weight excluding hydrogens is 274 g/mol. The van der Waals surface area contributed by atoms with Crippen LogP contribution in [-0.2, 0) is 4.74 Å². The molecule has 0 heterocycles. The van der Waals surface area contributed by atoms with Gasteiger partial charge in [-0.1, -0.05) is 0 Å². The average Bonchev–Trinajstić information content (AvgIpc) is 2.37. The van der Waals surface area contributed by atoms with Gasteiger partial charge in [-0.25, -0.2) is 4.79 Å². The molecular formula is C15H21NO5. The quantitative estimate of drug-likeness (QED) is 0.864. The van der Waals surface area contributed by atoms with Crippen LogP contribution in [0.2, 0.25) is 0 Å². The molecule has 0 radical (unpaired) electrons. The number of nitrogens with one attached hydrogen (secondary N) is 1. The summed E-state index contributed by atoms with van der Waals surface area (Å²) in [5.41, 5.74) is 0.591. The van der Waals surface area contributed by atoms with E-state index < -0.39 is 11.7 Å². The zero-order valence-corrected chi connectivity index (χ0v) is 13.2. The number of hydrogen-bond donors (Lipinski definition) is 1. The number of aldehydes is 1. The van der Waals surface area contributed by atoms with E-state index in [0.717, 1.165) is 0 Å². The number of carbonyl (C=O) groups is 2. The van der Waals surface area contributed by atoms with Crippen LogP contribution in [0.4, 0.5) is 10.5 Å². The Hall–Kier alpha value is -2.24. The number of aryl methyl sites for hydroxylation is 1. The van der Waals surface area contributed by atoms with E-state index in [1.54, 1.807) is 33.8 Å². The first kappa shape index (κ1) is 16.8. The second-order valence-electron chi connectivity index (χ2n) is 5.46. The smallest absolute Gasteiger partial charge is 0.412 e. The lowest BCUT2D eigenvalue weighted by Gasteiger charge is -2.21. The molecule has 0 aliphatic carbocycles. The van der Waals surface area contributed by atoms with Crippen LogP contribution < -0.4 is 14.8 Å². The molecule has 0 aliphatic rings. The highest BCUT2D eigenvalue weighted by Gasteiger charge is 2.22. The SMILES string of the molecule is COc1cc(C)c(NC(=O)OC(C)(C)C)c(C=O)c1OC. The summed E-state index contributed by atoms with van der Waals surface area (Å²) < 4.78 is 15.5. The number of benzene rings is 1. The second kappa shape index (κ2) is 6.47. The number of carbonyl (C=O) groups excluding carboxylic acids is 2. The standard InChI is InChI=1S/C15H21NO5/c1-9-7-11(19-5)13(20-6)10(8-17)12(9)16-14(18)21-15(2,3)4/h7-8H,1-6H3,(H,16,18). The number of rotatable bonds is 4. The average molecular weight is 295 g/mol. The Balaban J connectivity index is 3.23. The van der Waals surface area contributed by atoms with Crippen molar-refractivity contribution in [2.75, 3.05) is 19.5 Å². The monoisotopic (exact) mass is 295 g/mol. The Morgan fingerprint density at radius 1 is 1.24 bits per heavy atom. The Labute approximate surface area is 124 Å². The normalized spacial score (nSPS) is 10.8. The van der Waals surface area contributed by atoms with E-state index in [0.29, 0.717) is 23.3 Å². The zero-order valence-electron chi connectivity index (χ0n) is 13.2. The van der Waals surface area contributed by atoms with Crippen LogP contribution >= 0.6 is 0 Å². The van der Waals surface area contributed by atoms with Gasteiger partial charge in [0.1, 0.15) is 5.60 Å². The van der Waals surface area contributed by atoms with Gasteiger partial charge >= 0.3 is 6.09 Å². The van der Waals surface area contributed by atoms with Crippen LogP contribution in [0.15, 0.2) is 6.07 Å². The minimum atomic E-state index is -0.638. The highest BCUT2D eigenvalue weighted by atomic mass is 16.6. The maximum Gasteiger partial charge on any atom is 0.412 e. The molecule has 6 heteroatoms. The number of hydrogen-bond acceptors (Lipinski definition) is 5. The summed E-state index contributed by atoms with van der Waals surface area (Å²) in [7, 11) is 2.91. The van der Waals surface area contributed by atoms with Crippen molar-refractivity contribution in [1.29, 1.82) is 0 Å². The summed E-state index contributed by atoms with van der Waals surface area (Å²) in [5, 5.41) is 2.58. The molecule has 116 valence electrons. The molecule has 1 amide bonds. The molecule has 0 atom stereocenters. The molecule has 0 unspecified atom stereocenters. The summed E-state index contributed by atoms with van der Waals surface area (Å²) in [6.07, 6.45) is -0.0259. The molecule has 1 N–H and O–H groups in total. The van der Waals surface area contributed by atoms with E-state index in [1.807, 2.05) is 0 Å². The molecule has 6 nitrogen and oxygen atoms in total. The summed E-state index contributed by atoms with van der Waals surface area (Å²) in [6, 6.07) is 1.68. The highest BCUT2D eigenvalue weighted by Crippen LogP contribution is 2.37. The third-order valence-corrected chi connectivity index (χ3v) is 2.65. The molecule has 21 heavy (non-hydrogen) atoms. The maximum atomic E-state index is 11.9. The largest absolute Gasteiger partial charge is 0.493 e. The van der Waals surface area contributed by atoms with Gasteiger partial charge in [-0.2, -0.15) is 0 Å². The summed E-state index contributed by atoms with van der Waals surface area (Å²) in [4.78, 5) is 23.2. The van der Waals surface area contributed by atoms with Crippen molar-refractivity contribution < 1.29 is 23.8 Å². The fraction of sp³-hybridized carbons (Fsp3) is 0.467. The topological polar surface area (TPSA) is 73.9 Å². The van der Waals surface area contributed by atoms with E-state index >= 15 is 0 Å². The first-order valence-electron chi connectivity index (χ1n) is 6.44. The van der Waals surface area contributed by atoms with Crippen molar-refractivity contribution in [3.05, 3.63) is 17.2 Å². The zero-order chi connectivity index (χ0) is 16.2. The molecule has 1 rings (SSSR count). The minimum Gasteiger partial charge on any atom is -0.493 e. The van der Waals surface area contributed by atoms with Gasteiger partial charge in [-0.3, -0.25) is 10.1 Å². The van der Waals surface area contributed by atoms with Crippen LogP contribution in [0.3, 0.4) is 0 Å². The predicted molar refractivity (Wildman–Crippen MR) is 79.5 cm³/mol. The number of methoxy groups -OCH3 is 2. The molecule has 0 bridgehead atoms. The number of amides is 1. The van der Waals surface area contributed by atoms with Crippen LogP contribution in [0.1, 0.15) is 36.7 Å². The fourth-order valence-electron chi connectivity index (χ4n) is 1.84. The minimum absolute atomic E-state index is 0.209. The Morgan fingerprint density at radius 3 is 2.29 bits per heavy atom. The maximum absolute atomic E-state index is 11.9. The van der Waals surface area contributed by atoms with E-state index in [1.165, 1.54) is 14.2 Å². The van der Waals surface area contributed by atoms with Crippen molar-refractivity contribution in [2.45, 2.75) is 33.3 Å². The van der Waals surface area contributed by atoms with Gasteiger partial charge in [0.2, 0.25) is 0 Å². The fourth-order valence-corrected chi connectivity index (χ4v) is 1.84. The third kappa shape index (κ3) is 4.11. The molecule has 0 aliphatic heterocycles. The van der Waals surface area contributed by atoms with Gasteiger partial charge < -0.3 is 14.2 Å². The summed E-state index contributed by atoms with van der Waals surface area (Å²) in [5.74, 6) is 0.691.